The third-order valence-electron chi connectivity index (χ3n) is 22.6. The monoisotopic (exact) mass is 1940 g/mol. The molecule has 39 heteroatoms. The molecule has 0 radical (unpaired) electrons. The zero-order chi connectivity index (χ0) is 101. The van der Waals surface area contributed by atoms with Crippen LogP contribution in [0.5, 0.6) is 11.9 Å². The average molecular weight is 1940 g/mol. The van der Waals surface area contributed by atoms with Crippen LogP contribution in [0.25, 0.3) is 110 Å². The summed E-state index contributed by atoms with van der Waals surface area (Å²) in [5.74, 6) is -4.13. The number of hydrogen-bond donors (Lipinski definition) is 5. The van der Waals surface area contributed by atoms with Gasteiger partial charge < -0.3 is 38.1 Å². The molecule has 0 atom stereocenters. The Morgan fingerprint density at radius 1 is 0.364 bits per heavy atom. The van der Waals surface area contributed by atoms with Gasteiger partial charge in [-0.3, -0.25) is 42.7 Å². The quantitative estimate of drug-likeness (QED) is 0.0311. The van der Waals surface area contributed by atoms with E-state index in [4.69, 9.17) is 55.0 Å². The van der Waals surface area contributed by atoms with Gasteiger partial charge in [0.15, 0.2) is 5.69 Å². The van der Waals surface area contributed by atoms with E-state index in [1.54, 1.807) is 168 Å². The van der Waals surface area contributed by atoms with Crippen LogP contribution in [0, 0.1) is 23.0 Å². The molecule has 13 aromatic heterocycles. The molecule has 0 aliphatic heterocycles. The number of alkyl halides is 3. The number of nitrogens with zero attached hydrogens (tertiary/aromatic N) is 21. The van der Waals surface area contributed by atoms with Crippen molar-refractivity contribution in [1.82, 2.24) is 99.2 Å². The zero-order valence-electron chi connectivity index (χ0n) is 76.8. The molecule has 0 saturated carbocycles. The Labute approximate surface area is 815 Å². The molecule has 0 bridgehead atoms. The molecule has 0 unspecified atom stereocenters. The molecule has 7 aromatic carbocycles. The molecule has 20 aromatic rings. The second-order valence-electron chi connectivity index (χ2n) is 32.9. The summed E-state index contributed by atoms with van der Waals surface area (Å²) < 4.78 is 82.8. The number of carbonyl (C=O) groups is 5. The highest BCUT2D eigenvalue weighted by Gasteiger charge is 2.34. The van der Waals surface area contributed by atoms with Crippen molar-refractivity contribution in [2.75, 3.05) is 14.2 Å². The highest BCUT2D eigenvalue weighted by molar-refractivity contribution is 6.28. The maximum atomic E-state index is 13.6. The van der Waals surface area contributed by atoms with Gasteiger partial charge in [0.1, 0.15) is 46.2 Å². The van der Waals surface area contributed by atoms with Gasteiger partial charge in [0, 0.05) is 152 Å². The van der Waals surface area contributed by atoms with Crippen LogP contribution >= 0.6 is 11.6 Å². The molecule has 33 nitrogen and oxygen atoms in total. The normalized spacial score (nSPS) is 11.1. The maximum Gasteiger partial charge on any atom is 0.419 e. The molecular formula is C104H82ClF5N26O7. The van der Waals surface area contributed by atoms with Crippen molar-refractivity contribution < 1.29 is 55.4 Å². The van der Waals surface area contributed by atoms with Gasteiger partial charge in [-0.25, -0.2) is 58.6 Å². The number of nitrogens with two attached hydrogens (primary N) is 5. The fourth-order valence-electron chi connectivity index (χ4n) is 15.9. The average Bonchev–Trinajstić information content (AvgIpc) is 1.48. The van der Waals surface area contributed by atoms with E-state index in [0.717, 1.165) is 134 Å². The zero-order valence-corrected chi connectivity index (χ0v) is 77.6. The lowest BCUT2D eigenvalue weighted by Gasteiger charge is -2.11. The molecule has 20 rings (SSSR count). The van der Waals surface area contributed by atoms with Crippen LogP contribution in [0.2, 0.25) is 5.28 Å². The summed E-state index contributed by atoms with van der Waals surface area (Å²) in [5.41, 5.74) is 47.4. The second kappa shape index (κ2) is 42.4. The van der Waals surface area contributed by atoms with Crippen LogP contribution in [-0.2, 0) is 66.5 Å². The lowest BCUT2D eigenvalue weighted by atomic mass is 9.97. The molecule has 0 fully saturated rings. The Hall–Kier alpha value is -18.8. The molecule has 0 saturated heterocycles. The van der Waals surface area contributed by atoms with Gasteiger partial charge in [-0.2, -0.15) is 43.9 Å². The number of methoxy groups -OCH3 is 2. The number of carbonyl (C=O) groups excluding carboxylic acids is 5. The lowest BCUT2D eigenvalue weighted by Crippen LogP contribution is -2.13. The van der Waals surface area contributed by atoms with Gasteiger partial charge in [0.05, 0.1) is 78.4 Å². The lowest BCUT2D eigenvalue weighted by molar-refractivity contribution is -0.140. The summed E-state index contributed by atoms with van der Waals surface area (Å²) in [6, 6.07) is 54.1. The van der Waals surface area contributed by atoms with Gasteiger partial charge in [0.2, 0.25) is 11.2 Å². The van der Waals surface area contributed by atoms with E-state index < -0.39 is 47.1 Å². The first kappa shape index (κ1) is 97.3. The van der Waals surface area contributed by atoms with Crippen LogP contribution in [0.15, 0.2) is 269 Å². The molecule has 10 N–H and O–H groups in total. The fourth-order valence-corrected chi connectivity index (χ4v) is 16.0. The summed E-state index contributed by atoms with van der Waals surface area (Å²) in [5, 5.41) is 37.9. The van der Waals surface area contributed by atoms with Gasteiger partial charge in [-0.05, 0) is 217 Å². The maximum absolute atomic E-state index is 13.6. The predicted octanol–water partition coefficient (Wildman–Crippen LogP) is 15.5. The predicted molar refractivity (Wildman–Crippen MR) is 524 cm³/mol. The Morgan fingerprint density at radius 3 is 1.01 bits per heavy atom. The van der Waals surface area contributed by atoms with Crippen molar-refractivity contribution in [2.24, 2.45) is 56.9 Å². The number of aromatic nitrogens is 20. The Bertz CT molecular complexity index is 8340. The topological polar surface area (TPSA) is 484 Å². The third-order valence-corrected chi connectivity index (χ3v) is 22.8. The first-order valence-electron chi connectivity index (χ1n) is 43.5. The van der Waals surface area contributed by atoms with Crippen LogP contribution in [-0.4, -0.2) is 143 Å². The van der Waals surface area contributed by atoms with Crippen molar-refractivity contribution in [3.05, 3.63) is 381 Å². The fraction of sp³-hybridized carbons (Fsp3) is 0.115. The van der Waals surface area contributed by atoms with E-state index in [1.165, 1.54) is 25.3 Å². The first-order valence-corrected chi connectivity index (χ1v) is 43.9. The van der Waals surface area contributed by atoms with E-state index in [9.17, 15) is 45.9 Å². The summed E-state index contributed by atoms with van der Waals surface area (Å²) in [4.78, 5) is 101. The van der Waals surface area contributed by atoms with Crippen LogP contribution in [0.3, 0.4) is 0 Å². The van der Waals surface area contributed by atoms with E-state index in [2.05, 4.69) is 80.4 Å². The highest BCUT2D eigenvalue weighted by atomic mass is 35.5. The summed E-state index contributed by atoms with van der Waals surface area (Å²) in [6.45, 7) is 0. The van der Waals surface area contributed by atoms with Crippen LogP contribution in [0.4, 0.5) is 22.0 Å². The number of pyridine rings is 6. The second-order valence-corrected chi connectivity index (χ2v) is 33.2. The largest absolute Gasteiger partial charge is 0.481 e. The molecule has 0 aliphatic carbocycles. The standard InChI is InChI=1S/C23H18FN3O2.C22H16F4N4O.C20H15N7O.C20H18N6O2.C19H15ClN6O/c1-29-22-12-15(8-9-26-22)10-14-2-7-18-19(16-3-5-17(24)6-4-16)13-21(23(25)28)27-20(18)11-14;1-30-11-14(10-28-30)16-9-20(21(27)31)29-19-8-13(2-4-15(16)19)6-12-3-5-18(23)17(7-12)22(24,25)26;1-27-11-14(10-24-27)17-7-19(20(22)28)25-18-6-12(2-3-16(17)18)4-13-5-15(8-21)26-23-9-13;1-26-11-14(10-24-26)16-7-18(19(21)27)25-17-6-12(3-4-15(16)17)5-13-8-22-20(28-2)23-9-13;1-26-10-13(9-24-26)15-6-17(18(21)27)25-16-5-11(2-3-14(15)16)4-12-7-22-19(20)23-8-12/h2-9,11-13H,10H2,1H3,(H2,25,28);2-5,7-11H,6H2,1H3,(H2,27,31);2-3,5-7,9-11H,4H2,1H3,(H2,22,28);3-4,6-11H,5H2,1-2H3,(H2,21,27);2-3,5-10H,4H2,1H3,(H2,21,27). The van der Waals surface area contributed by atoms with Crippen LogP contribution in [0.1, 0.15) is 119 Å². The Kier molecular flexibility index (Phi) is 28.9. The minimum absolute atomic E-state index is 0.0599. The number of primary amides is 5. The minimum Gasteiger partial charge on any atom is -0.481 e. The number of fused-ring (bicyclic) bond motifs is 5. The van der Waals surface area contributed by atoms with Crippen molar-refractivity contribution >= 4 is 95.7 Å². The summed E-state index contributed by atoms with van der Waals surface area (Å²) >= 11 is 5.73. The van der Waals surface area contributed by atoms with Gasteiger partial charge in [-0.1, -0.05) is 78.9 Å². The summed E-state index contributed by atoms with van der Waals surface area (Å²) in [6.07, 6.45) is 22.3. The number of amides is 5. The molecule has 712 valence electrons. The molecule has 13 heterocycles. The number of ether oxygens (including phenoxy) is 2. The van der Waals surface area contributed by atoms with Gasteiger partial charge >= 0.3 is 12.2 Å². The van der Waals surface area contributed by atoms with Crippen LogP contribution < -0.4 is 38.1 Å². The molecule has 5 amide bonds. The van der Waals surface area contributed by atoms with E-state index in [0.29, 0.717) is 81.8 Å². The smallest absolute Gasteiger partial charge is 0.419 e. The number of hydrogen-bond acceptors (Lipinski definition) is 24. The van der Waals surface area contributed by atoms with Crippen molar-refractivity contribution in [2.45, 2.75) is 38.3 Å². The molecule has 0 spiro atoms. The van der Waals surface area contributed by atoms with Crippen molar-refractivity contribution in [1.29, 1.82) is 5.26 Å². The van der Waals surface area contributed by atoms with Crippen molar-refractivity contribution in [3.8, 4) is 73.6 Å². The first-order chi connectivity index (χ1) is 68.7. The van der Waals surface area contributed by atoms with Gasteiger partial charge in [0.25, 0.3) is 29.5 Å². The highest BCUT2D eigenvalue weighted by Crippen LogP contribution is 2.38. The number of aryl methyl sites for hydroxylation is 4. The van der Waals surface area contributed by atoms with E-state index >= 15 is 0 Å². The SMILES string of the molecule is COc1cc(Cc2ccc3c(-c4ccc(F)cc4)cc(C(N)=O)nc3c2)ccn1.COc1ncc(Cc2ccc3c(-c4cnn(C)c4)cc(C(N)=O)nc3c2)cn1.Cn1cc(-c2cc(C(N)=O)nc3cc(Cc4ccc(F)c(C(F)(F)F)c4)ccc23)cn1.Cn1cc(-c2cc(C(N)=O)nc3cc(Cc4cnc(Cl)nc4)ccc23)cn1.Cn1cc(-c2cc(C(N)=O)nc3cc(Cc4cnnc(C#N)c4)ccc23)cn1. The van der Waals surface area contributed by atoms with Crippen molar-refractivity contribution in [3.63, 3.8) is 0 Å². The van der Waals surface area contributed by atoms with E-state index in [1.807, 2.05) is 131 Å². The number of rotatable bonds is 22. The molecule has 0 aliphatic rings. The summed E-state index contributed by atoms with van der Waals surface area (Å²) in [7, 11) is 10.4. The molecule has 143 heavy (non-hydrogen) atoms. The number of halogens is 6. The number of benzene rings is 7. The Morgan fingerprint density at radius 2 is 0.685 bits per heavy atom. The Balaban J connectivity index is 0.000000128. The third kappa shape index (κ3) is 23.6. The molecular weight excluding hydrogens is 1860 g/mol. The number of nitriles is 1. The van der Waals surface area contributed by atoms with E-state index in [-0.39, 0.29) is 51.7 Å². The van der Waals surface area contributed by atoms with Gasteiger partial charge in [-0.15, -0.1) is 5.10 Å². The minimum atomic E-state index is -4.78.